The minimum atomic E-state index is -0.900. The van der Waals surface area contributed by atoms with E-state index >= 15 is 0 Å². The summed E-state index contributed by atoms with van der Waals surface area (Å²) in [5.74, 6) is -0.773. The fourth-order valence-electron chi connectivity index (χ4n) is 1.94. The number of aliphatic hydroxyl groups excluding tert-OH is 1. The predicted molar refractivity (Wildman–Crippen MR) is 79.5 cm³/mol. The highest BCUT2D eigenvalue weighted by Crippen LogP contribution is 2.21. The Balaban J connectivity index is 1.90. The molecule has 0 aromatic heterocycles. The van der Waals surface area contributed by atoms with Gasteiger partial charge in [0.15, 0.2) is 0 Å². The van der Waals surface area contributed by atoms with Gasteiger partial charge in [-0.15, -0.1) is 0 Å². The summed E-state index contributed by atoms with van der Waals surface area (Å²) in [6.07, 6.45) is -0.967. The van der Waals surface area contributed by atoms with Crippen LogP contribution in [0.2, 0.25) is 5.02 Å². The predicted octanol–water partition coefficient (Wildman–Crippen LogP) is 2.87. The Bertz CT molecular complexity index is 633. The van der Waals surface area contributed by atoms with E-state index in [-0.39, 0.29) is 18.9 Å². The third-order valence-corrected chi connectivity index (χ3v) is 3.41. The van der Waals surface area contributed by atoms with Crippen molar-refractivity contribution in [2.75, 3.05) is 6.54 Å². The molecular weight excluding hydrogens is 293 g/mol. The van der Waals surface area contributed by atoms with Gasteiger partial charge in [0.25, 0.3) is 0 Å². The first-order valence-electron chi connectivity index (χ1n) is 6.50. The Labute approximate surface area is 127 Å². The minimum Gasteiger partial charge on any atom is -0.387 e. The SMILES string of the molecule is O=C(Cc1ccccc1F)NC[C@H](O)c1ccccc1Cl. The van der Waals surface area contributed by atoms with Crippen LogP contribution in [0.25, 0.3) is 0 Å². The number of carbonyl (C=O) groups is 1. The molecule has 5 heteroatoms. The van der Waals surface area contributed by atoms with Gasteiger partial charge in [-0.2, -0.15) is 0 Å². The smallest absolute Gasteiger partial charge is 0.224 e. The van der Waals surface area contributed by atoms with Gasteiger partial charge in [0.05, 0.1) is 12.5 Å². The summed E-state index contributed by atoms with van der Waals surface area (Å²) in [6, 6.07) is 13.0. The van der Waals surface area contributed by atoms with Crippen LogP contribution in [-0.4, -0.2) is 17.6 Å². The molecule has 2 N–H and O–H groups in total. The van der Waals surface area contributed by atoms with Crippen molar-refractivity contribution >= 4 is 17.5 Å². The van der Waals surface area contributed by atoms with Gasteiger partial charge >= 0.3 is 0 Å². The maximum Gasteiger partial charge on any atom is 0.224 e. The first kappa shape index (κ1) is 15.5. The number of aliphatic hydroxyl groups is 1. The van der Waals surface area contributed by atoms with E-state index in [1.165, 1.54) is 6.07 Å². The van der Waals surface area contributed by atoms with Gasteiger partial charge in [-0.3, -0.25) is 4.79 Å². The van der Waals surface area contributed by atoms with Crippen LogP contribution in [0, 0.1) is 5.82 Å². The molecule has 0 bridgehead atoms. The molecule has 2 aromatic rings. The van der Waals surface area contributed by atoms with Gasteiger partial charge in [-0.25, -0.2) is 4.39 Å². The summed E-state index contributed by atoms with van der Waals surface area (Å²) in [5, 5.41) is 13.0. The zero-order valence-corrected chi connectivity index (χ0v) is 12.0. The largest absolute Gasteiger partial charge is 0.387 e. The lowest BCUT2D eigenvalue weighted by atomic mass is 10.1. The molecule has 0 saturated carbocycles. The van der Waals surface area contributed by atoms with Crippen molar-refractivity contribution in [3.63, 3.8) is 0 Å². The van der Waals surface area contributed by atoms with Crippen molar-refractivity contribution in [3.8, 4) is 0 Å². The first-order valence-corrected chi connectivity index (χ1v) is 6.88. The molecule has 0 heterocycles. The average molecular weight is 308 g/mol. The Morgan fingerprint density at radius 3 is 2.57 bits per heavy atom. The fraction of sp³-hybridized carbons (Fsp3) is 0.188. The molecular formula is C16H15ClFNO2. The molecule has 0 aliphatic carbocycles. The Kier molecular flexibility index (Phi) is 5.31. The Hall–Kier alpha value is -1.91. The van der Waals surface area contributed by atoms with E-state index in [2.05, 4.69) is 5.32 Å². The molecule has 21 heavy (non-hydrogen) atoms. The van der Waals surface area contributed by atoms with Crippen LogP contribution in [0.3, 0.4) is 0 Å². The second-order valence-electron chi connectivity index (χ2n) is 4.61. The number of rotatable bonds is 5. The van der Waals surface area contributed by atoms with E-state index < -0.39 is 11.9 Å². The second-order valence-corrected chi connectivity index (χ2v) is 5.02. The monoisotopic (exact) mass is 307 g/mol. The van der Waals surface area contributed by atoms with Gasteiger partial charge in [0.1, 0.15) is 5.82 Å². The molecule has 0 saturated heterocycles. The summed E-state index contributed by atoms with van der Waals surface area (Å²) in [4.78, 5) is 11.8. The lowest BCUT2D eigenvalue weighted by molar-refractivity contribution is -0.120. The zero-order valence-electron chi connectivity index (χ0n) is 11.2. The van der Waals surface area contributed by atoms with E-state index in [4.69, 9.17) is 11.6 Å². The number of hydrogen-bond donors (Lipinski definition) is 2. The van der Waals surface area contributed by atoms with Crippen LogP contribution < -0.4 is 5.32 Å². The quantitative estimate of drug-likeness (QED) is 0.892. The third kappa shape index (κ3) is 4.28. The summed E-state index contributed by atoms with van der Waals surface area (Å²) in [7, 11) is 0. The summed E-state index contributed by atoms with van der Waals surface area (Å²) < 4.78 is 13.4. The highest BCUT2D eigenvalue weighted by Gasteiger charge is 2.13. The Morgan fingerprint density at radius 1 is 1.19 bits per heavy atom. The van der Waals surface area contributed by atoms with Crippen LogP contribution in [0.1, 0.15) is 17.2 Å². The molecule has 110 valence electrons. The molecule has 2 aromatic carbocycles. The maximum atomic E-state index is 13.4. The van der Waals surface area contributed by atoms with Crippen molar-refractivity contribution in [1.29, 1.82) is 0 Å². The number of carbonyl (C=O) groups excluding carboxylic acids is 1. The van der Waals surface area contributed by atoms with Crippen molar-refractivity contribution in [3.05, 3.63) is 70.5 Å². The lowest BCUT2D eigenvalue weighted by Crippen LogP contribution is -2.30. The first-order chi connectivity index (χ1) is 10.1. The topological polar surface area (TPSA) is 49.3 Å². The summed E-state index contributed by atoms with van der Waals surface area (Å²) in [5.41, 5.74) is 0.868. The maximum absolute atomic E-state index is 13.4. The van der Waals surface area contributed by atoms with Gasteiger partial charge < -0.3 is 10.4 Å². The zero-order chi connectivity index (χ0) is 15.2. The number of halogens is 2. The van der Waals surface area contributed by atoms with E-state index in [0.717, 1.165) is 0 Å². The molecule has 0 aliphatic rings. The molecule has 2 rings (SSSR count). The molecule has 1 atom stereocenters. The Morgan fingerprint density at radius 2 is 1.86 bits per heavy atom. The highest BCUT2D eigenvalue weighted by atomic mass is 35.5. The molecule has 0 radical (unpaired) electrons. The molecule has 3 nitrogen and oxygen atoms in total. The normalized spacial score (nSPS) is 12.0. The van der Waals surface area contributed by atoms with E-state index in [9.17, 15) is 14.3 Å². The van der Waals surface area contributed by atoms with E-state index in [0.29, 0.717) is 16.1 Å². The van der Waals surface area contributed by atoms with Crippen LogP contribution in [-0.2, 0) is 11.2 Å². The second kappa shape index (κ2) is 7.20. The van der Waals surface area contributed by atoms with Crippen molar-refractivity contribution in [2.45, 2.75) is 12.5 Å². The highest BCUT2D eigenvalue weighted by molar-refractivity contribution is 6.31. The molecule has 0 unspecified atom stereocenters. The van der Waals surface area contributed by atoms with Gasteiger partial charge in [0.2, 0.25) is 5.91 Å². The standard InChI is InChI=1S/C16H15ClFNO2/c17-13-7-3-2-6-12(13)15(20)10-19-16(21)9-11-5-1-4-8-14(11)18/h1-8,15,20H,9-10H2,(H,19,21)/t15-/m0/s1. The van der Waals surface area contributed by atoms with Crippen molar-refractivity contribution in [2.24, 2.45) is 0 Å². The van der Waals surface area contributed by atoms with E-state index in [1.54, 1.807) is 42.5 Å². The number of benzene rings is 2. The lowest BCUT2D eigenvalue weighted by Gasteiger charge is -2.13. The fourth-order valence-corrected chi connectivity index (χ4v) is 2.20. The summed E-state index contributed by atoms with van der Waals surface area (Å²) in [6.45, 7) is 0.0248. The van der Waals surface area contributed by atoms with Crippen molar-refractivity contribution in [1.82, 2.24) is 5.32 Å². The van der Waals surface area contributed by atoms with Crippen LogP contribution >= 0.6 is 11.6 Å². The third-order valence-electron chi connectivity index (χ3n) is 3.07. The van der Waals surface area contributed by atoms with Gasteiger partial charge in [0, 0.05) is 17.1 Å². The number of nitrogens with one attached hydrogen (secondary N) is 1. The van der Waals surface area contributed by atoms with Crippen molar-refractivity contribution < 1.29 is 14.3 Å². The van der Waals surface area contributed by atoms with Gasteiger partial charge in [-0.05, 0) is 17.7 Å². The van der Waals surface area contributed by atoms with Crippen LogP contribution in [0.5, 0.6) is 0 Å². The number of amides is 1. The number of hydrogen-bond acceptors (Lipinski definition) is 2. The van der Waals surface area contributed by atoms with E-state index in [1.807, 2.05) is 0 Å². The van der Waals surface area contributed by atoms with Crippen LogP contribution in [0.4, 0.5) is 4.39 Å². The molecule has 0 aliphatic heterocycles. The molecule has 1 amide bonds. The van der Waals surface area contributed by atoms with Crippen LogP contribution in [0.15, 0.2) is 48.5 Å². The summed E-state index contributed by atoms with van der Waals surface area (Å²) >= 11 is 5.96. The van der Waals surface area contributed by atoms with Gasteiger partial charge in [-0.1, -0.05) is 48.0 Å². The average Bonchev–Trinajstić information content (AvgIpc) is 2.48. The molecule has 0 fully saturated rings. The minimum absolute atomic E-state index is 0.0248. The molecule has 0 spiro atoms.